The predicted molar refractivity (Wildman–Crippen MR) is 150 cm³/mol. The summed E-state index contributed by atoms with van der Waals surface area (Å²) in [6.07, 6.45) is 0.985. The van der Waals surface area contributed by atoms with E-state index < -0.39 is 16.7 Å². The first kappa shape index (κ1) is 38.2. The Labute approximate surface area is 240 Å². The van der Waals surface area contributed by atoms with Crippen molar-refractivity contribution < 1.29 is 47.5 Å². The molecule has 0 rings (SSSR count). The van der Waals surface area contributed by atoms with Crippen molar-refractivity contribution in [2.45, 2.75) is 90.9 Å². The van der Waals surface area contributed by atoms with Gasteiger partial charge in [0.15, 0.2) is 0 Å². The maximum Gasteiger partial charge on any atom is 0.308 e. The van der Waals surface area contributed by atoms with E-state index in [4.69, 9.17) is 38.9 Å². The van der Waals surface area contributed by atoms with E-state index in [1.165, 1.54) is 0 Å². The van der Waals surface area contributed by atoms with Gasteiger partial charge in [-0.25, -0.2) is 0 Å². The second-order valence-corrected chi connectivity index (χ2v) is 11.4. The van der Waals surface area contributed by atoms with Crippen LogP contribution in [0.1, 0.15) is 74.1 Å². The summed E-state index contributed by atoms with van der Waals surface area (Å²) in [5.74, 6) is -1.05. The smallest absolute Gasteiger partial charge is 0.308 e. The van der Waals surface area contributed by atoms with Crippen molar-refractivity contribution in [3.05, 3.63) is 0 Å². The lowest BCUT2D eigenvalue weighted by Gasteiger charge is -2.34. The Hall–Kier alpha value is -1.83. The van der Waals surface area contributed by atoms with Crippen LogP contribution < -0.4 is 11.1 Å². The van der Waals surface area contributed by atoms with E-state index in [0.29, 0.717) is 33.0 Å². The molecule has 0 aliphatic heterocycles. The lowest BCUT2D eigenvalue weighted by atomic mass is 10.0. The number of carbonyl (C=O) groups excluding carboxylic acids is 3. The van der Waals surface area contributed by atoms with Gasteiger partial charge in [-0.1, -0.05) is 6.92 Å². The molecular weight excluding hydrogens is 524 g/mol. The number of amides is 1. The molecule has 12 nitrogen and oxygen atoms in total. The molecule has 0 heterocycles. The van der Waals surface area contributed by atoms with Crippen LogP contribution in [0.5, 0.6) is 0 Å². The fourth-order valence-corrected chi connectivity index (χ4v) is 3.20. The van der Waals surface area contributed by atoms with Crippen LogP contribution in [0.15, 0.2) is 0 Å². The number of rotatable bonds is 23. The fraction of sp³-hybridized carbons (Fsp3) is 0.893. The molecule has 0 aliphatic carbocycles. The van der Waals surface area contributed by atoms with Gasteiger partial charge in [0.05, 0.1) is 72.3 Å². The van der Waals surface area contributed by atoms with E-state index in [1.54, 1.807) is 41.5 Å². The lowest BCUT2D eigenvalue weighted by Crippen LogP contribution is -2.58. The third-order valence-electron chi connectivity index (χ3n) is 4.74. The van der Waals surface area contributed by atoms with Crippen LogP contribution in [-0.4, -0.2) is 107 Å². The number of carbonyl (C=O) groups is 3. The van der Waals surface area contributed by atoms with Crippen molar-refractivity contribution in [3.8, 4) is 0 Å². The minimum Gasteiger partial charge on any atom is -0.460 e. The second-order valence-electron chi connectivity index (χ2n) is 11.4. The number of hydrogen-bond acceptors (Lipinski definition) is 11. The Morgan fingerprint density at radius 2 is 1.02 bits per heavy atom. The summed E-state index contributed by atoms with van der Waals surface area (Å²) >= 11 is 0. The molecule has 0 aliphatic rings. The monoisotopic (exact) mass is 578 g/mol. The Morgan fingerprint density at radius 1 is 0.600 bits per heavy atom. The second kappa shape index (κ2) is 21.0. The molecular formula is C28H54N2O10. The SMILES string of the molecule is CCCOCC(COCCC(=O)OC(C)(C)C)(COCCC(=O)OC(C)(C)C)NC(=O)CCOCCOCCN. The zero-order valence-electron chi connectivity index (χ0n) is 25.8. The van der Waals surface area contributed by atoms with E-state index in [0.717, 1.165) is 6.42 Å². The molecule has 0 saturated heterocycles. The zero-order chi connectivity index (χ0) is 30.5. The van der Waals surface area contributed by atoms with Gasteiger partial charge in [0.2, 0.25) is 5.91 Å². The Balaban J connectivity index is 5.19. The summed E-state index contributed by atoms with van der Waals surface area (Å²) < 4.78 is 38.8. The summed E-state index contributed by atoms with van der Waals surface area (Å²) in [5.41, 5.74) is 3.14. The molecule has 0 aromatic rings. The predicted octanol–water partition coefficient (Wildman–Crippen LogP) is 2.15. The molecule has 0 aromatic heterocycles. The highest BCUT2D eigenvalue weighted by Gasteiger charge is 2.34. The van der Waals surface area contributed by atoms with Crippen molar-refractivity contribution in [1.82, 2.24) is 5.32 Å². The van der Waals surface area contributed by atoms with Gasteiger partial charge in [-0.2, -0.15) is 0 Å². The van der Waals surface area contributed by atoms with Crippen molar-refractivity contribution in [1.29, 1.82) is 0 Å². The molecule has 0 radical (unpaired) electrons. The van der Waals surface area contributed by atoms with Gasteiger partial charge in [0.1, 0.15) is 16.7 Å². The highest BCUT2D eigenvalue weighted by Crippen LogP contribution is 2.13. The van der Waals surface area contributed by atoms with Gasteiger partial charge < -0.3 is 44.2 Å². The Morgan fingerprint density at radius 3 is 1.45 bits per heavy atom. The molecule has 0 spiro atoms. The third kappa shape index (κ3) is 22.9. The topological polar surface area (TPSA) is 154 Å². The van der Waals surface area contributed by atoms with Gasteiger partial charge in [-0.15, -0.1) is 0 Å². The first-order valence-electron chi connectivity index (χ1n) is 14.1. The normalized spacial score (nSPS) is 12.3. The maximum absolute atomic E-state index is 12.9. The molecule has 236 valence electrons. The summed E-state index contributed by atoms with van der Waals surface area (Å²) in [6, 6.07) is 0. The summed E-state index contributed by atoms with van der Waals surface area (Å²) in [5, 5.41) is 2.98. The fourth-order valence-electron chi connectivity index (χ4n) is 3.20. The van der Waals surface area contributed by atoms with Gasteiger partial charge in [-0.05, 0) is 48.0 Å². The van der Waals surface area contributed by atoms with E-state index in [-0.39, 0.29) is 76.7 Å². The minimum absolute atomic E-state index is 0.0193. The van der Waals surface area contributed by atoms with Gasteiger partial charge in [-0.3, -0.25) is 14.4 Å². The van der Waals surface area contributed by atoms with Crippen LogP contribution in [0.25, 0.3) is 0 Å². The molecule has 1 amide bonds. The number of nitrogens with two attached hydrogens (primary N) is 1. The van der Waals surface area contributed by atoms with Gasteiger partial charge in [0.25, 0.3) is 0 Å². The molecule has 0 fully saturated rings. The van der Waals surface area contributed by atoms with E-state index in [9.17, 15) is 14.4 Å². The number of hydrogen-bond donors (Lipinski definition) is 2. The zero-order valence-corrected chi connectivity index (χ0v) is 25.8. The molecule has 0 saturated carbocycles. The van der Waals surface area contributed by atoms with Crippen molar-refractivity contribution in [2.24, 2.45) is 5.73 Å². The first-order valence-corrected chi connectivity index (χ1v) is 14.1. The van der Waals surface area contributed by atoms with E-state index in [2.05, 4.69) is 5.32 Å². The first-order chi connectivity index (χ1) is 18.7. The largest absolute Gasteiger partial charge is 0.460 e. The molecule has 0 atom stereocenters. The molecule has 3 N–H and O–H groups in total. The van der Waals surface area contributed by atoms with Crippen LogP contribution in [0.2, 0.25) is 0 Å². The van der Waals surface area contributed by atoms with Crippen LogP contribution in [0.3, 0.4) is 0 Å². The Kier molecular flexibility index (Phi) is 20.0. The standard InChI is InChI=1S/C28H54N2O10/c1-8-13-36-20-28(21-37-15-10-24(32)39-26(2,3)4,22-38-16-11-25(33)40-27(5,6)7)30-23(31)9-14-34-18-19-35-17-12-29/h8-22,29H2,1-7H3,(H,30,31). The van der Waals surface area contributed by atoms with Crippen LogP contribution in [-0.2, 0) is 47.5 Å². The van der Waals surface area contributed by atoms with Crippen molar-refractivity contribution in [3.63, 3.8) is 0 Å². The third-order valence-corrected chi connectivity index (χ3v) is 4.74. The molecule has 0 unspecified atom stereocenters. The van der Waals surface area contributed by atoms with Gasteiger partial charge in [0, 0.05) is 19.6 Å². The minimum atomic E-state index is -1.06. The number of nitrogens with one attached hydrogen (secondary N) is 1. The van der Waals surface area contributed by atoms with Crippen LogP contribution >= 0.6 is 0 Å². The van der Waals surface area contributed by atoms with Crippen molar-refractivity contribution >= 4 is 17.8 Å². The molecule has 0 bridgehead atoms. The average molecular weight is 579 g/mol. The summed E-state index contributed by atoms with van der Waals surface area (Å²) in [6.45, 7) is 15.4. The van der Waals surface area contributed by atoms with E-state index >= 15 is 0 Å². The van der Waals surface area contributed by atoms with Crippen LogP contribution in [0, 0.1) is 0 Å². The summed E-state index contributed by atoms with van der Waals surface area (Å²) in [7, 11) is 0. The summed E-state index contributed by atoms with van der Waals surface area (Å²) in [4.78, 5) is 37.0. The maximum atomic E-state index is 12.9. The highest BCUT2D eigenvalue weighted by molar-refractivity contribution is 5.77. The lowest BCUT2D eigenvalue weighted by molar-refractivity contribution is -0.157. The molecule has 40 heavy (non-hydrogen) atoms. The van der Waals surface area contributed by atoms with Crippen molar-refractivity contribution in [2.75, 3.05) is 72.6 Å². The van der Waals surface area contributed by atoms with Gasteiger partial charge >= 0.3 is 11.9 Å². The quantitative estimate of drug-likeness (QED) is 0.135. The molecule has 12 heteroatoms. The number of esters is 2. The highest BCUT2D eigenvalue weighted by atomic mass is 16.6. The van der Waals surface area contributed by atoms with E-state index in [1.807, 2.05) is 6.92 Å². The average Bonchev–Trinajstić information content (AvgIpc) is 2.82. The van der Waals surface area contributed by atoms with Crippen LogP contribution in [0.4, 0.5) is 0 Å². The molecule has 0 aromatic carbocycles. The Bertz CT molecular complexity index is 668. The number of ether oxygens (including phenoxy) is 7.